The molecule has 1 fully saturated rings. The summed E-state index contributed by atoms with van der Waals surface area (Å²) in [6.45, 7) is 0. The third-order valence-electron chi connectivity index (χ3n) is 5.08. The van der Waals surface area contributed by atoms with E-state index in [1.165, 1.54) is 9.99 Å². The van der Waals surface area contributed by atoms with Crippen LogP contribution in [0.5, 0.6) is 5.75 Å². The molecule has 4 heteroatoms. The van der Waals surface area contributed by atoms with Crippen LogP contribution in [0.3, 0.4) is 0 Å². The molecule has 3 nitrogen and oxygen atoms in total. The molecular weight excluding hydrogens is 425 g/mol. The van der Waals surface area contributed by atoms with Crippen molar-refractivity contribution in [3.05, 3.63) is 69.3 Å². The monoisotopic (exact) mass is 445 g/mol. The van der Waals surface area contributed by atoms with Crippen LogP contribution in [0.4, 0.5) is 0 Å². The maximum absolute atomic E-state index is 12.4. The van der Waals surface area contributed by atoms with Crippen LogP contribution < -0.4 is 10.1 Å². The van der Waals surface area contributed by atoms with Crippen molar-refractivity contribution in [1.29, 1.82) is 0 Å². The molecule has 0 saturated heterocycles. The molecule has 1 heterocycles. The van der Waals surface area contributed by atoms with Gasteiger partial charge in [0.1, 0.15) is 11.4 Å². The second-order valence-corrected chi connectivity index (χ2v) is 8.07. The predicted octanol–water partition coefficient (Wildman–Crippen LogP) is 4.87. The van der Waals surface area contributed by atoms with Crippen LogP contribution in [0, 0.1) is 3.57 Å². The van der Waals surface area contributed by atoms with E-state index in [0.717, 1.165) is 36.1 Å². The van der Waals surface area contributed by atoms with Crippen molar-refractivity contribution < 1.29 is 9.53 Å². The van der Waals surface area contributed by atoms with Crippen molar-refractivity contribution in [2.24, 2.45) is 0 Å². The predicted molar refractivity (Wildman–Crippen MR) is 107 cm³/mol. The molecule has 2 aliphatic rings. The van der Waals surface area contributed by atoms with E-state index < -0.39 is 0 Å². The summed E-state index contributed by atoms with van der Waals surface area (Å²) in [4.78, 5) is 12.4. The lowest BCUT2D eigenvalue weighted by Crippen LogP contribution is -2.49. The molecule has 2 aromatic rings. The number of rotatable bonds is 3. The third-order valence-corrected chi connectivity index (χ3v) is 5.79. The molecule has 1 unspecified atom stereocenters. The van der Waals surface area contributed by atoms with E-state index in [9.17, 15) is 4.79 Å². The molecule has 1 spiro atoms. The van der Waals surface area contributed by atoms with Crippen molar-refractivity contribution in [3.8, 4) is 5.75 Å². The summed E-state index contributed by atoms with van der Waals surface area (Å²) in [6, 6.07) is 16.2. The van der Waals surface area contributed by atoms with Crippen LogP contribution in [0.2, 0.25) is 0 Å². The molecular formula is C21H20INO2. The van der Waals surface area contributed by atoms with Crippen molar-refractivity contribution in [3.63, 3.8) is 0 Å². The van der Waals surface area contributed by atoms with Gasteiger partial charge in [-0.05, 0) is 71.7 Å². The Bertz CT molecular complexity index is 809. The number of fused-ring (bicyclic) bond motifs is 1. The molecule has 128 valence electrons. The Kier molecular flexibility index (Phi) is 4.54. The molecule has 1 aliphatic heterocycles. The lowest BCUT2D eigenvalue weighted by molar-refractivity contribution is -0.118. The zero-order chi connectivity index (χ0) is 17.3. The van der Waals surface area contributed by atoms with Crippen LogP contribution in [0.1, 0.15) is 42.9 Å². The fourth-order valence-corrected chi connectivity index (χ4v) is 3.95. The first kappa shape index (κ1) is 16.6. The zero-order valence-electron chi connectivity index (χ0n) is 13.9. The fraction of sp³-hybridized carbons (Fsp3) is 0.286. The van der Waals surface area contributed by atoms with Gasteiger partial charge in [-0.1, -0.05) is 30.3 Å². The fourth-order valence-electron chi connectivity index (χ4n) is 3.59. The van der Waals surface area contributed by atoms with Gasteiger partial charge in [0, 0.05) is 21.6 Å². The van der Waals surface area contributed by atoms with Gasteiger partial charge in [-0.2, -0.15) is 0 Å². The number of nitrogens with one attached hydrogen (secondary N) is 1. The number of benzene rings is 2. The first-order valence-corrected chi connectivity index (χ1v) is 9.74. The Labute approximate surface area is 161 Å². The molecule has 1 aliphatic carbocycles. The Morgan fingerprint density at radius 3 is 2.64 bits per heavy atom. The summed E-state index contributed by atoms with van der Waals surface area (Å²) in [5.74, 6) is 0.857. The summed E-state index contributed by atoms with van der Waals surface area (Å²) >= 11 is 2.27. The van der Waals surface area contributed by atoms with Gasteiger partial charge in [-0.3, -0.25) is 4.79 Å². The SMILES string of the molecule is O=C(/C=C/c1ccc(I)cc1)NC1CC2(CCC2)Oc2ccccc21. The van der Waals surface area contributed by atoms with Crippen LogP contribution >= 0.6 is 22.6 Å². The van der Waals surface area contributed by atoms with Gasteiger partial charge in [-0.15, -0.1) is 0 Å². The molecule has 1 saturated carbocycles. The Morgan fingerprint density at radius 1 is 1.16 bits per heavy atom. The Balaban J connectivity index is 1.49. The average molecular weight is 445 g/mol. The van der Waals surface area contributed by atoms with Gasteiger partial charge in [0.2, 0.25) is 5.91 Å². The smallest absolute Gasteiger partial charge is 0.244 e. The van der Waals surface area contributed by atoms with Gasteiger partial charge >= 0.3 is 0 Å². The van der Waals surface area contributed by atoms with E-state index in [1.807, 2.05) is 48.5 Å². The largest absolute Gasteiger partial charge is 0.487 e. The van der Waals surface area contributed by atoms with Crippen LogP contribution in [0.25, 0.3) is 6.08 Å². The summed E-state index contributed by atoms with van der Waals surface area (Å²) in [7, 11) is 0. The molecule has 1 amide bonds. The quantitative estimate of drug-likeness (QED) is 0.541. The molecule has 25 heavy (non-hydrogen) atoms. The lowest BCUT2D eigenvalue weighted by atomic mass is 9.73. The molecule has 0 bridgehead atoms. The van der Waals surface area contributed by atoms with Crippen molar-refractivity contribution >= 4 is 34.6 Å². The number of carbonyl (C=O) groups is 1. The minimum atomic E-state index is -0.0773. The molecule has 1 atom stereocenters. The number of ether oxygens (including phenoxy) is 1. The van der Waals surface area contributed by atoms with Crippen molar-refractivity contribution in [2.75, 3.05) is 0 Å². The zero-order valence-corrected chi connectivity index (χ0v) is 16.0. The number of para-hydroxylation sites is 1. The van der Waals surface area contributed by atoms with E-state index in [1.54, 1.807) is 6.08 Å². The summed E-state index contributed by atoms with van der Waals surface area (Å²) in [5, 5.41) is 3.17. The highest BCUT2D eigenvalue weighted by Crippen LogP contribution is 2.48. The normalized spacial score (nSPS) is 20.6. The van der Waals surface area contributed by atoms with Crippen LogP contribution in [0.15, 0.2) is 54.6 Å². The van der Waals surface area contributed by atoms with E-state index >= 15 is 0 Å². The van der Waals surface area contributed by atoms with Gasteiger partial charge in [-0.25, -0.2) is 0 Å². The maximum atomic E-state index is 12.4. The lowest BCUT2D eigenvalue weighted by Gasteiger charge is -2.47. The number of hydrogen-bond donors (Lipinski definition) is 1. The third kappa shape index (κ3) is 3.59. The van der Waals surface area contributed by atoms with E-state index in [2.05, 4.69) is 34.0 Å². The van der Waals surface area contributed by atoms with Gasteiger partial charge in [0.25, 0.3) is 0 Å². The highest BCUT2D eigenvalue weighted by Gasteiger charge is 2.45. The Hall–Kier alpha value is -1.82. The summed E-state index contributed by atoms with van der Waals surface area (Å²) in [6.07, 6.45) is 7.69. The van der Waals surface area contributed by atoms with Crippen molar-refractivity contribution in [1.82, 2.24) is 5.32 Å². The Morgan fingerprint density at radius 2 is 1.92 bits per heavy atom. The first-order valence-electron chi connectivity index (χ1n) is 8.66. The highest BCUT2D eigenvalue weighted by atomic mass is 127. The average Bonchev–Trinajstić information content (AvgIpc) is 2.60. The van der Waals surface area contributed by atoms with Crippen LogP contribution in [-0.4, -0.2) is 11.5 Å². The van der Waals surface area contributed by atoms with E-state index in [4.69, 9.17) is 4.74 Å². The minimum Gasteiger partial charge on any atom is -0.487 e. The second kappa shape index (κ2) is 6.83. The van der Waals surface area contributed by atoms with Crippen molar-refractivity contribution in [2.45, 2.75) is 37.3 Å². The van der Waals surface area contributed by atoms with Crippen LogP contribution in [-0.2, 0) is 4.79 Å². The van der Waals surface area contributed by atoms with E-state index in [-0.39, 0.29) is 17.6 Å². The summed E-state index contributed by atoms with van der Waals surface area (Å²) < 4.78 is 7.42. The molecule has 0 radical (unpaired) electrons. The molecule has 0 aromatic heterocycles. The second-order valence-electron chi connectivity index (χ2n) is 6.83. The molecule has 2 aromatic carbocycles. The van der Waals surface area contributed by atoms with Gasteiger partial charge in [0.15, 0.2) is 0 Å². The number of carbonyl (C=O) groups excluding carboxylic acids is 1. The molecule has 4 rings (SSSR count). The summed E-state index contributed by atoms with van der Waals surface area (Å²) in [5.41, 5.74) is 2.03. The van der Waals surface area contributed by atoms with Gasteiger partial charge in [0.05, 0.1) is 6.04 Å². The molecule has 1 N–H and O–H groups in total. The first-order chi connectivity index (χ1) is 12.1. The number of halogens is 1. The number of amides is 1. The maximum Gasteiger partial charge on any atom is 0.244 e. The van der Waals surface area contributed by atoms with E-state index in [0.29, 0.717) is 0 Å². The standard InChI is InChI=1S/C21H20INO2/c22-16-9-6-15(7-10-16)8-11-20(24)23-18-14-21(12-3-13-21)25-19-5-2-1-4-17(18)19/h1-2,4-11,18H,3,12-14H2,(H,23,24)/b11-8+. The topological polar surface area (TPSA) is 38.3 Å². The number of hydrogen-bond acceptors (Lipinski definition) is 2. The minimum absolute atomic E-state index is 0.0131. The van der Waals surface area contributed by atoms with Gasteiger partial charge < -0.3 is 10.1 Å². The highest BCUT2D eigenvalue weighted by molar-refractivity contribution is 14.1.